The minimum atomic E-state index is -0.0543. The van der Waals surface area contributed by atoms with E-state index in [1.807, 2.05) is 0 Å². The first kappa shape index (κ1) is 14.1. The lowest BCUT2D eigenvalue weighted by atomic mass is 9.94. The number of hydrogen-bond acceptors (Lipinski definition) is 0. The van der Waals surface area contributed by atoms with Gasteiger partial charge in [0.05, 0.1) is 5.38 Å². The maximum absolute atomic E-state index is 6.72. The van der Waals surface area contributed by atoms with Crippen molar-refractivity contribution in [3.05, 3.63) is 70.3 Å². The lowest BCUT2D eigenvalue weighted by Crippen LogP contribution is -2.00. The van der Waals surface area contributed by atoms with Gasteiger partial charge in [-0.05, 0) is 42.0 Å². The molecule has 0 aliphatic rings. The summed E-state index contributed by atoms with van der Waals surface area (Å²) in [6, 6.07) is 15.2. The minimum Gasteiger partial charge on any atom is -0.113 e. The van der Waals surface area contributed by atoms with Crippen LogP contribution in [0, 0.1) is 6.92 Å². The molecule has 0 aromatic heterocycles. The summed E-state index contributed by atoms with van der Waals surface area (Å²) in [7, 11) is 0. The zero-order valence-corrected chi connectivity index (χ0v) is 12.7. The third-order valence-corrected chi connectivity index (χ3v) is 4.09. The fourth-order valence-corrected chi connectivity index (χ4v) is 2.77. The quantitative estimate of drug-likeness (QED) is 0.650. The first-order valence-corrected chi connectivity index (χ1v) is 7.41. The Kier molecular flexibility index (Phi) is 4.66. The van der Waals surface area contributed by atoms with Gasteiger partial charge in [0.2, 0.25) is 0 Å². The van der Waals surface area contributed by atoms with Crippen LogP contribution >= 0.6 is 11.6 Å². The fraction of sp³-hybridized carbons (Fsp3) is 0.333. The Labute approximate surface area is 121 Å². The van der Waals surface area contributed by atoms with E-state index in [0.29, 0.717) is 0 Å². The van der Waals surface area contributed by atoms with Gasteiger partial charge >= 0.3 is 0 Å². The molecule has 2 aromatic carbocycles. The SMILES string of the molecule is CCc1ccc(CC)c(C(Cl)c2cccc(C)c2)c1. The van der Waals surface area contributed by atoms with Gasteiger partial charge in [-0.2, -0.15) is 0 Å². The molecule has 1 heteroatoms. The Morgan fingerprint density at radius 1 is 1.00 bits per heavy atom. The van der Waals surface area contributed by atoms with Gasteiger partial charge in [0.1, 0.15) is 0 Å². The second-order valence-electron chi connectivity index (χ2n) is 5.02. The number of hydrogen-bond donors (Lipinski definition) is 0. The predicted octanol–water partition coefficient (Wildman–Crippen LogP) is 5.45. The lowest BCUT2D eigenvalue weighted by Gasteiger charge is -2.16. The normalized spacial score (nSPS) is 12.4. The summed E-state index contributed by atoms with van der Waals surface area (Å²) < 4.78 is 0. The molecule has 0 N–H and O–H groups in total. The van der Waals surface area contributed by atoms with E-state index in [4.69, 9.17) is 11.6 Å². The van der Waals surface area contributed by atoms with Crippen LogP contribution < -0.4 is 0 Å². The Hall–Kier alpha value is -1.27. The number of rotatable bonds is 4. The van der Waals surface area contributed by atoms with Crippen LogP contribution in [0.5, 0.6) is 0 Å². The highest BCUT2D eigenvalue weighted by Gasteiger charge is 2.14. The van der Waals surface area contributed by atoms with Crippen LogP contribution in [0.1, 0.15) is 47.0 Å². The number of alkyl halides is 1. The number of aryl methyl sites for hydroxylation is 3. The second-order valence-corrected chi connectivity index (χ2v) is 5.45. The molecule has 0 nitrogen and oxygen atoms in total. The Morgan fingerprint density at radius 2 is 1.79 bits per heavy atom. The van der Waals surface area contributed by atoms with Crippen LogP contribution in [-0.4, -0.2) is 0 Å². The molecule has 0 saturated heterocycles. The molecule has 19 heavy (non-hydrogen) atoms. The van der Waals surface area contributed by atoms with Crippen molar-refractivity contribution in [2.75, 3.05) is 0 Å². The third-order valence-electron chi connectivity index (χ3n) is 3.61. The van der Waals surface area contributed by atoms with Crippen molar-refractivity contribution in [1.82, 2.24) is 0 Å². The summed E-state index contributed by atoms with van der Waals surface area (Å²) in [5.74, 6) is 0. The van der Waals surface area contributed by atoms with Crippen molar-refractivity contribution in [3.63, 3.8) is 0 Å². The van der Waals surface area contributed by atoms with Gasteiger partial charge in [0, 0.05) is 0 Å². The standard InChI is InChI=1S/C18H21Cl/c1-4-14-9-10-15(5-2)17(12-14)18(19)16-8-6-7-13(3)11-16/h6-12,18H,4-5H2,1-3H3. The van der Waals surface area contributed by atoms with Crippen LogP contribution in [-0.2, 0) is 12.8 Å². The van der Waals surface area contributed by atoms with Crippen LogP contribution in [0.2, 0.25) is 0 Å². The highest BCUT2D eigenvalue weighted by molar-refractivity contribution is 6.22. The van der Waals surface area contributed by atoms with Gasteiger partial charge < -0.3 is 0 Å². The molecule has 2 rings (SSSR count). The van der Waals surface area contributed by atoms with Crippen molar-refractivity contribution in [2.24, 2.45) is 0 Å². The fourth-order valence-electron chi connectivity index (χ4n) is 2.43. The average molecular weight is 273 g/mol. The monoisotopic (exact) mass is 272 g/mol. The summed E-state index contributed by atoms with van der Waals surface area (Å²) in [5, 5.41) is -0.0543. The maximum Gasteiger partial charge on any atom is 0.0838 e. The van der Waals surface area contributed by atoms with Crippen molar-refractivity contribution in [1.29, 1.82) is 0 Å². The largest absolute Gasteiger partial charge is 0.113 e. The van der Waals surface area contributed by atoms with Crippen LogP contribution in [0.25, 0.3) is 0 Å². The summed E-state index contributed by atoms with van der Waals surface area (Å²) >= 11 is 6.72. The van der Waals surface area contributed by atoms with Gasteiger partial charge in [0.25, 0.3) is 0 Å². The molecule has 1 unspecified atom stereocenters. The number of benzene rings is 2. The first-order chi connectivity index (χ1) is 9.15. The van der Waals surface area contributed by atoms with Crippen LogP contribution in [0.15, 0.2) is 42.5 Å². The second kappa shape index (κ2) is 6.25. The van der Waals surface area contributed by atoms with Gasteiger partial charge in [-0.3, -0.25) is 0 Å². The molecule has 1 atom stereocenters. The van der Waals surface area contributed by atoms with E-state index in [0.717, 1.165) is 12.8 Å². The molecular weight excluding hydrogens is 252 g/mol. The number of halogens is 1. The van der Waals surface area contributed by atoms with E-state index in [9.17, 15) is 0 Å². The molecule has 0 bridgehead atoms. The molecule has 2 aromatic rings. The zero-order valence-electron chi connectivity index (χ0n) is 11.9. The summed E-state index contributed by atoms with van der Waals surface area (Å²) in [6.07, 6.45) is 2.07. The van der Waals surface area contributed by atoms with E-state index in [1.165, 1.54) is 27.8 Å². The molecule has 0 spiro atoms. The molecule has 0 amide bonds. The van der Waals surface area contributed by atoms with Crippen molar-refractivity contribution < 1.29 is 0 Å². The molecule has 0 aliphatic carbocycles. The molecule has 0 heterocycles. The molecule has 0 saturated carbocycles. The van der Waals surface area contributed by atoms with E-state index in [-0.39, 0.29) is 5.38 Å². The Bertz CT molecular complexity index is 557. The summed E-state index contributed by atoms with van der Waals surface area (Å²) in [5.41, 5.74) is 6.40. The first-order valence-electron chi connectivity index (χ1n) is 6.98. The van der Waals surface area contributed by atoms with E-state index in [2.05, 4.69) is 63.2 Å². The van der Waals surface area contributed by atoms with Crippen molar-refractivity contribution >= 4 is 11.6 Å². The smallest absolute Gasteiger partial charge is 0.0838 e. The molecule has 100 valence electrons. The Morgan fingerprint density at radius 3 is 2.42 bits per heavy atom. The van der Waals surface area contributed by atoms with Gasteiger partial charge in [-0.1, -0.05) is 61.9 Å². The minimum absolute atomic E-state index is 0.0543. The highest BCUT2D eigenvalue weighted by atomic mass is 35.5. The maximum atomic E-state index is 6.72. The lowest BCUT2D eigenvalue weighted by molar-refractivity contribution is 1.02. The van der Waals surface area contributed by atoms with E-state index >= 15 is 0 Å². The highest BCUT2D eigenvalue weighted by Crippen LogP contribution is 2.32. The van der Waals surface area contributed by atoms with Crippen molar-refractivity contribution in [3.8, 4) is 0 Å². The predicted molar refractivity (Wildman–Crippen MR) is 84.1 cm³/mol. The topological polar surface area (TPSA) is 0 Å². The van der Waals surface area contributed by atoms with Gasteiger partial charge in [-0.15, -0.1) is 11.6 Å². The molecular formula is C18H21Cl. The van der Waals surface area contributed by atoms with Crippen LogP contribution in [0.4, 0.5) is 0 Å². The van der Waals surface area contributed by atoms with E-state index < -0.39 is 0 Å². The zero-order chi connectivity index (χ0) is 13.8. The van der Waals surface area contributed by atoms with Crippen LogP contribution in [0.3, 0.4) is 0 Å². The molecule has 0 fully saturated rings. The van der Waals surface area contributed by atoms with Gasteiger partial charge in [-0.25, -0.2) is 0 Å². The molecule has 0 aliphatic heterocycles. The summed E-state index contributed by atoms with van der Waals surface area (Å²) in [6.45, 7) is 6.47. The van der Waals surface area contributed by atoms with E-state index in [1.54, 1.807) is 0 Å². The third kappa shape index (κ3) is 3.19. The average Bonchev–Trinajstić information content (AvgIpc) is 2.45. The molecule has 0 radical (unpaired) electrons. The Balaban J connectivity index is 2.44. The van der Waals surface area contributed by atoms with Gasteiger partial charge in [0.15, 0.2) is 0 Å². The van der Waals surface area contributed by atoms with Crippen molar-refractivity contribution in [2.45, 2.75) is 39.0 Å². The summed E-state index contributed by atoms with van der Waals surface area (Å²) in [4.78, 5) is 0.